The molecule has 2 aromatic carbocycles. The van der Waals surface area contributed by atoms with E-state index in [2.05, 4.69) is 0 Å². The molecule has 20 heavy (non-hydrogen) atoms. The second-order valence-corrected chi connectivity index (χ2v) is 4.77. The summed E-state index contributed by atoms with van der Waals surface area (Å²) >= 11 is 5.78. The summed E-state index contributed by atoms with van der Waals surface area (Å²) in [5, 5.41) is 0.433. The van der Waals surface area contributed by atoms with Crippen LogP contribution < -0.4 is 0 Å². The molecule has 0 bridgehead atoms. The van der Waals surface area contributed by atoms with Crippen LogP contribution in [0.3, 0.4) is 0 Å². The number of ketones is 1. The number of halogens is 4. The van der Waals surface area contributed by atoms with Gasteiger partial charge >= 0.3 is 6.18 Å². The number of hydrogen-bond donors (Lipinski definition) is 0. The molecule has 5 heteroatoms. The van der Waals surface area contributed by atoms with Crippen LogP contribution in [-0.2, 0) is 6.18 Å². The van der Waals surface area contributed by atoms with Crippen LogP contribution in [0.25, 0.3) is 0 Å². The first-order valence-electron chi connectivity index (χ1n) is 5.78. The van der Waals surface area contributed by atoms with Gasteiger partial charge in [0.25, 0.3) is 0 Å². The Morgan fingerprint density at radius 1 is 1.05 bits per heavy atom. The second kappa shape index (κ2) is 5.29. The van der Waals surface area contributed by atoms with E-state index in [0.29, 0.717) is 10.6 Å². The van der Waals surface area contributed by atoms with Gasteiger partial charge in [-0.15, -0.1) is 0 Å². The molecule has 0 saturated heterocycles. The summed E-state index contributed by atoms with van der Waals surface area (Å²) in [6, 6.07) is 9.22. The van der Waals surface area contributed by atoms with Gasteiger partial charge < -0.3 is 0 Å². The summed E-state index contributed by atoms with van der Waals surface area (Å²) in [6.45, 7) is 1.63. The van der Waals surface area contributed by atoms with E-state index in [9.17, 15) is 18.0 Å². The number of carbonyl (C=O) groups is 1. The average molecular weight is 299 g/mol. The summed E-state index contributed by atoms with van der Waals surface area (Å²) < 4.78 is 38.7. The number of carbonyl (C=O) groups excluding carboxylic acids is 1. The van der Waals surface area contributed by atoms with Gasteiger partial charge in [-0.05, 0) is 36.8 Å². The molecule has 104 valence electrons. The Bertz CT molecular complexity index is 662. The Balaban J connectivity index is 2.55. The van der Waals surface area contributed by atoms with E-state index in [1.54, 1.807) is 13.0 Å². The summed E-state index contributed by atoms with van der Waals surface area (Å²) in [5.74, 6) is -0.660. The molecule has 0 N–H and O–H groups in total. The van der Waals surface area contributed by atoms with E-state index < -0.39 is 17.5 Å². The Kier molecular flexibility index (Phi) is 3.86. The molecule has 0 aliphatic rings. The normalized spacial score (nSPS) is 11.4. The molecule has 0 spiro atoms. The Morgan fingerprint density at radius 2 is 1.70 bits per heavy atom. The van der Waals surface area contributed by atoms with Crippen molar-refractivity contribution < 1.29 is 18.0 Å². The maximum atomic E-state index is 12.9. The number of aryl methyl sites for hydroxylation is 1. The van der Waals surface area contributed by atoms with Crippen LogP contribution >= 0.6 is 11.6 Å². The van der Waals surface area contributed by atoms with Crippen LogP contribution in [0.15, 0.2) is 42.5 Å². The first-order valence-corrected chi connectivity index (χ1v) is 6.15. The van der Waals surface area contributed by atoms with Gasteiger partial charge in [0.15, 0.2) is 5.78 Å². The summed E-state index contributed by atoms with van der Waals surface area (Å²) in [7, 11) is 0. The third-order valence-electron chi connectivity index (χ3n) is 2.91. The molecule has 0 aliphatic heterocycles. The monoisotopic (exact) mass is 298 g/mol. The lowest BCUT2D eigenvalue weighted by Crippen LogP contribution is -2.14. The van der Waals surface area contributed by atoms with Crippen molar-refractivity contribution in [2.24, 2.45) is 0 Å². The lowest BCUT2D eigenvalue weighted by Gasteiger charge is -2.12. The van der Waals surface area contributed by atoms with E-state index in [0.717, 1.165) is 6.07 Å². The molecule has 0 radical (unpaired) electrons. The van der Waals surface area contributed by atoms with E-state index in [1.165, 1.54) is 30.3 Å². The molecule has 0 heterocycles. The molecule has 0 unspecified atom stereocenters. The molecule has 0 saturated carbocycles. The average Bonchev–Trinajstić information content (AvgIpc) is 2.37. The summed E-state index contributed by atoms with van der Waals surface area (Å²) in [5.41, 5.74) is -0.532. The quantitative estimate of drug-likeness (QED) is 0.721. The zero-order chi connectivity index (χ0) is 14.9. The highest BCUT2D eigenvalue weighted by Gasteiger charge is 2.35. The van der Waals surface area contributed by atoms with Crippen LogP contribution in [0.4, 0.5) is 13.2 Å². The van der Waals surface area contributed by atoms with Gasteiger partial charge in [0, 0.05) is 16.1 Å². The fourth-order valence-electron chi connectivity index (χ4n) is 1.96. The molecule has 2 rings (SSSR count). The highest BCUT2D eigenvalue weighted by atomic mass is 35.5. The second-order valence-electron chi connectivity index (χ2n) is 4.33. The molecule has 0 aliphatic carbocycles. The predicted molar refractivity (Wildman–Crippen MR) is 71.1 cm³/mol. The number of benzene rings is 2. The predicted octanol–water partition coefficient (Wildman–Crippen LogP) is 4.90. The minimum atomic E-state index is -4.56. The van der Waals surface area contributed by atoms with Crippen molar-refractivity contribution in [1.82, 2.24) is 0 Å². The molecule has 0 fully saturated rings. The van der Waals surface area contributed by atoms with Gasteiger partial charge in [-0.1, -0.05) is 29.8 Å². The Hall–Kier alpha value is -1.81. The van der Waals surface area contributed by atoms with Crippen molar-refractivity contribution in [3.8, 4) is 0 Å². The smallest absolute Gasteiger partial charge is 0.289 e. The van der Waals surface area contributed by atoms with Gasteiger partial charge in [0.05, 0.1) is 5.56 Å². The fraction of sp³-hybridized carbons (Fsp3) is 0.133. The number of hydrogen-bond acceptors (Lipinski definition) is 1. The topological polar surface area (TPSA) is 17.1 Å². The van der Waals surface area contributed by atoms with Gasteiger partial charge in [-0.25, -0.2) is 0 Å². The lowest BCUT2D eigenvalue weighted by molar-refractivity contribution is -0.137. The van der Waals surface area contributed by atoms with Crippen molar-refractivity contribution in [2.75, 3.05) is 0 Å². The molecule has 0 aromatic heterocycles. The lowest BCUT2D eigenvalue weighted by atomic mass is 9.95. The number of rotatable bonds is 2. The summed E-state index contributed by atoms with van der Waals surface area (Å²) in [4.78, 5) is 12.3. The SMILES string of the molecule is Cc1cc(Cl)ccc1C(=O)c1ccccc1C(F)(F)F. The highest BCUT2D eigenvalue weighted by Crippen LogP contribution is 2.33. The maximum absolute atomic E-state index is 12.9. The van der Waals surface area contributed by atoms with E-state index in [4.69, 9.17) is 11.6 Å². The third-order valence-corrected chi connectivity index (χ3v) is 3.15. The van der Waals surface area contributed by atoms with Crippen LogP contribution in [0, 0.1) is 6.92 Å². The van der Waals surface area contributed by atoms with Crippen LogP contribution in [-0.4, -0.2) is 5.78 Å². The van der Waals surface area contributed by atoms with Crippen LogP contribution in [0.2, 0.25) is 5.02 Å². The first kappa shape index (κ1) is 14.6. The molecular formula is C15H10ClF3O. The van der Waals surface area contributed by atoms with Gasteiger partial charge in [-0.3, -0.25) is 4.79 Å². The first-order chi connectivity index (χ1) is 9.30. The fourth-order valence-corrected chi connectivity index (χ4v) is 2.18. The van der Waals surface area contributed by atoms with E-state index in [-0.39, 0.29) is 11.1 Å². The third kappa shape index (κ3) is 2.85. The highest BCUT2D eigenvalue weighted by molar-refractivity contribution is 6.30. The zero-order valence-corrected chi connectivity index (χ0v) is 11.2. The maximum Gasteiger partial charge on any atom is 0.417 e. The minimum absolute atomic E-state index is 0.214. The standard InChI is InChI=1S/C15H10ClF3O/c1-9-8-10(16)6-7-11(9)14(20)12-4-2-3-5-13(12)15(17,18)19/h2-8H,1H3. The van der Waals surface area contributed by atoms with Crippen LogP contribution in [0.5, 0.6) is 0 Å². The van der Waals surface area contributed by atoms with Gasteiger partial charge in [-0.2, -0.15) is 13.2 Å². The van der Waals surface area contributed by atoms with Crippen molar-refractivity contribution in [3.63, 3.8) is 0 Å². The molecule has 0 amide bonds. The Labute approximate surface area is 119 Å². The number of alkyl halides is 3. The molecule has 1 nitrogen and oxygen atoms in total. The minimum Gasteiger partial charge on any atom is -0.289 e. The van der Waals surface area contributed by atoms with Gasteiger partial charge in [0.2, 0.25) is 0 Å². The van der Waals surface area contributed by atoms with E-state index in [1.807, 2.05) is 0 Å². The van der Waals surface area contributed by atoms with Crippen LogP contribution in [0.1, 0.15) is 27.0 Å². The Morgan fingerprint density at radius 3 is 2.30 bits per heavy atom. The van der Waals surface area contributed by atoms with Gasteiger partial charge in [0.1, 0.15) is 0 Å². The van der Waals surface area contributed by atoms with Crippen molar-refractivity contribution in [3.05, 3.63) is 69.7 Å². The van der Waals surface area contributed by atoms with Crippen molar-refractivity contribution >= 4 is 17.4 Å². The summed E-state index contributed by atoms with van der Waals surface area (Å²) in [6.07, 6.45) is -4.56. The molecule has 2 aromatic rings. The molecular weight excluding hydrogens is 289 g/mol. The van der Waals surface area contributed by atoms with Crippen molar-refractivity contribution in [2.45, 2.75) is 13.1 Å². The van der Waals surface area contributed by atoms with E-state index >= 15 is 0 Å². The van der Waals surface area contributed by atoms with Crippen molar-refractivity contribution in [1.29, 1.82) is 0 Å². The largest absolute Gasteiger partial charge is 0.417 e. The molecule has 0 atom stereocenters. The zero-order valence-electron chi connectivity index (χ0n) is 10.5.